The third kappa shape index (κ3) is 9.97. The molecule has 0 fully saturated rings. The molecule has 2 aromatic rings. The predicted octanol–water partition coefficient (Wildman–Crippen LogP) is 8.19. The van der Waals surface area contributed by atoms with Gasteiger partial charge >= 0.3 is 0 Å². The summed E-state index contributed by atoms with van der Waals surface area (Å²) in [4.78, 5) is 9.06. The molecule has 1 atom stereocenters. The van der Waals surface area contributed by atoms with E-state index in [1.54, 1.807) is 11.8 Å². The molecule has 4 heteroatoms. The van der Waals surface area contributed by atoms with Gasteiger partial charge in [0.2, 0.25) is 0 Å². The van der Waals surface area contributed by atoms with Gasteiger partial charge in [0.05, 0.1) is 6.61 Å². The summed E-state index contributed by atoms with van der Waals surface area (Å²) in [5.74, 6) is 2.90. The Bertz CT molecular complexity index is 672. The fourth-order valence-corrected chi connectivity index (χ4v) is 4.10. The molecule has 0 N–H and O–H groups in total. The number of thioether (sulfide) groups is 1. The van der Waals surface area contributed by atoms with Crippen molar-refractivity contribution in [1.29, 1.82) is 0 Å². The molecule has 166 valence electrons. The molecule has 3 nitrogen and oxygen atoms in total. The minimum atomic E-state index is 0.799. The number of benzene rings is 1. The third-order valence-corrected chi connectivity index (χ3v) is 6.56. The van der Waals surface area contributed by atoms with E-state index in [-0.39, 0.29) is 0 Å². The molecule has 0 amide bonds. The summed E-state index contributed by atoms with van der Waals surface area (Å²) < 4.78 is 5.89. The van der Waals surface area contributed by atoms with Crippen LogP contribution >= 0.6 is 11.8 Å². The van der Waals surface area contributed by atoms with Crippen LogP contribution in [0.5, 0.6) is 5.75 Å². The predicted molar refractivity (Wildman–Crippen MR) is 130 cm³/mol. The quantitative estimate of drug-likeness (QED) is 0.153. The lowest BCUT2D eigenvalue weighted by Crippen LogP contribution is -1.98. The highest BCUT2D eigenvalue weighted by Gasteiger charge is 2.03. The van der Waals surface area contributed by atoms with E-state index in [1.807, 2.05) is 24.5 Å². The van der Waals surface area contributed by atoms with Gasteiger partial charge in [0, 0.05) is 23.7 Å². The fraction of sp³-hybridized carbons (Fsp3) is 0.615. The summed E-state index contributed by atoms with van der Waals surface area (Å²) in [7, 11) is 0. The largest absolute Gasteiger partial charge is 0.494 e. The Morgan fingerprint density at radius 2 is 1.53 bits per heavy atom. The summed E-state index contributed by atoms with van der Waals surface area (Å²) in [5.41, 5.74) is 2.19. The van der Waals surface area contributed by atoms with Crippen molar-refractivity contribution in [2.75, 3.05) is 12.4 Å². The molecule has 1 aromatic carbocycles. The monoisotopic (exact) mass is 428 g/mol. The number of hydrogen-bond acceptors (Lipinski definition) is 4. The molecular weight excluding hydrogens is 388 g/mol. The van der Waals surface area contributed by atoms with E-state index < -0.39 is 0 Å². The molecule has 0 aliphatic heterocycles. The highest BCUT2D eigenvalue weighted by Crippen LogP contribution is 2.23. The molecule has 0 spiro atoms. The van der Waals surface area contributed by atoms with E-state index >= 15 is 0 Å². The topological polar surface area (TPSA) is 35.0 Å². The first-order valence-electron chi connectivity index (χ1n) is 11.9. The van der Waals surface area contributed by atoms with Crippen LogP contribution < -0.4 is 4.74 Å². The van der Waals surface area contributed by atoms with E-state index in [2.05, 4.69) is 42.9 Å². The lowest BCUT2D eigenvalue weighted by atomic mass is 10.0. The number of aromatic nitrogens is 2. The van der Waals surface area contributed by atoms with Crippen LogP contribution in [0.1, 0.15) is 85.0 Å². The van der Waals surface area contributed by atoms with Crippen molar-refractivity contribution in [1.82, 2.24) is 9.97 Å². The van der Waals surface area contributed by atoms with Crippen LogP contribution in [0.15, 0.2) is 41.8 Å². The van der Waals surface area contributed by atoms with Crippen LogP contribution in [-0.2, 0) is 0 Å². The van der Waals surface area contributed by atoms with E-state index in [0.29, 0.717) is 0 Å². The maximum absolute atomic E-state index is 5.89. The molecule has 0 radical (unpaired) electrons. The standard InChI is InChI=1S/C26H40N2OS/c1-4-6-7-8-12-19-30-26-27-20-24(21-28-26)23-14-16-25(17-15-23)29-18-11-9-10-13-22(3)5-2/h14-17,20-22H,4-13,18-19H2,1-3H3. The minimum Gasteiger partial charge on any atom is -0.494 e. The Kier molecular flexibility index (Phi) is 12.6. The molecule has 0 saturated heterocycles. The summed E-state index contributed by atoms with van der Waals surface area (Å²) in [6, 6.07) is 8.29. The molecule has 1 aromatic heterocycles. The Balaban J connectivity index is 1.67. The zero-order valence-electron chi connectivity index (χ0n) is 19.2. The highest BCUT2D eigenvalue weighted by molar-refractivity contribution is 7.99. The maximum Gasteiger partial charge on any atom is 0.187 e. The van der Waals surface area contributed by atoms with Gasteiger partial charge in [0.15, 0.2) is 5.16 Å². The zero-order chi connectivity index (χ0) is 21.4. The summed E-state index contributed by atoms with van der Waals surface area (Å²) in [6.07, 6.45) is 16.7. The second-order valence-electron chi connectivity index (χ2n) is 8.25. The van der Waals surface area contributed by atoms with E-state index in [0.717, 1.165) is 46.7 Å². The smallest absolute Gasteiger partial charge is 0.187 e. The number of nitrogens with zero attached hydrogens (tertiary/aromatic N) is 2. The van der Waals surface area contributed by atoms with Crippen LogP contribution in [0.3, 0.4) is 0 Å². The van der Waals surface area contributed by atoms with Gasteiger partial charge in [-0.15, -0.1) is 0 Å². The van der Waals surface area contributed by atoms with Gasteiger partial charge in [-0.2, -0.15) is 0 Å². The van der Waals surface area contributed by atoms with Gasteiger partial charge < -0.3 is 4.74 Å². The zero-order valence-corrected chi connectivity index (χ0v) is 20.1. The van der Waals surface area contributed by atoms with Crippen molar-refractivity contribution < 1.29 is 4.74 Å². The van der Waals surface area contributed by atoms with Crippen LogP contribution in [0, 0.1) is 5.92 Å². The highest BCUT2D eigenvalue weighted by atomic mass is 32.2. The Hall–Kier alpha value is -1.55. The van der Waals surface area contributed by atoms with Gasteiger partial charge in [-0.05, 0) is 36.5 Å². The van der Waals surface area contributed by atoms with Crippen LogP contribution in [-0.4, -0.2) is 22.3 Å². The molecule has 1 unspecified atom stereocenters. The second-order valence-corrected chi connectivity index (χ2v) is 9.31. The average Bonchev–Trinajstić information content (AvgIpc) is 2.79. The van der Waals surface area contributed by atoms with Crippen molar-refractivity contribution in [2.45, 2.75) is 90.1 Å². The second kappa shape index (κ2) is 15.3. The van der Waals surface area contributed by atoms with E-state index in [1.165, 1.54) is 57.8 Å². The molecular formula is C26H40N2OS. The van der Waals surface area contributed by atoms with Crippen molar-refractivity contribution in [3.63, 3.8) is 0 Å². The van der Waals surface area contributed by atoms with Crippen molar-refractivity contribution in [2.24, 2.45) is 5.92 Å². The minimum absolute atomic E-state index is 0.799. The molecule has 30 heavy (non-hydrogen) atoms. The molecule has 0 aliphatic rings. The van der Waals surface area contributed by atoms with Gasteiger partial charge in [-0.25, -0.2) is 9.97 Å². The van der Waals surface area contributed by atoms with Crippen molar-refractivity contribution >= 4 is 11.8 Å². The Morgan fingerprint density at radius 1 is 0.833 bits per heavy atom. The van der Waals surface area contributed by atoms with Crippen molar-refractivity contribution in [3.8, 4) is 16.9 Å². The average molecular weight is 429 g/mol. The first kappa shape index (κ1) is 24.7. The van der Waals surface area contributed by atoms with Gasteiger partial charge in [-0.1, -0.05) is 96.0 Å². The van der Waals surface area contributed by atoms with Crippen LogP contribution in [0.4, 0.5) is 0 Å². The SMILES string of the molecule is CCCCCCCSc1ncc(-c2ccc(OCCCCCC(C)CC)cc2)cn1. The molecule has 1 heterocycles. The van der Waals surface area contributed by atoms with Crippen LogP contribution in [0.25, 0.3) is 11.1 Å². The molecule has 0 bridgehead atoms. The van der Waals surface area contributed by atoms with Gasteiger partial charge in [-0.3, -0.25) is 0 Å². The molecule has 2 rings (SSSR count). The third-order valence-electron chi connectivity index (χ3n) is 5.60. The molecule has 0 aliphatic carbocycles. The first-order chi connectivity index (χ1) is 14.7. The lowest BCUT2D eigenvalue weighted by Gasteiger charge is -2.09. The Labute approximate surface area is 188 Å². The Morgan fingerprint density at radius 3 is 2.23 bits per heavy atom. The first-order valence-corrected chi connectivity index (χ1v) is 12.9. The van der Waals surface area contributed by atoms with Gasteiger partial charge in [0.25, 0.3) is 0 Å². The fourth-order valence-electron chi connectivity index (χ4n) is 3.32. The molecule has 0 saturated carbocycles. The van der Waals surface area contributed by atoms with Gasteiger partial charge in [0.1, 0.15) is 5.75 Å². The normalized spacial score (nSPS) is 12.1. The number of unbranched alkanes of at least 4 members (excludes halogenated alkanes) is 6. The summed E-state index contributed by atoms with van der Waals surface area (Å²) >= 11 is 1.76. The summed E-state index contributed by atoms with van der Waals surface area (Å²) in [6.45, 7) is 7.66. The summed E-state index contributed by atoms with van der Waals surface area (Å²) in [5, 5.41) is 0.877. The van der Waals surface area contributed by atoms with E-state index in [9.17, 15) is 0 Å². The van der Waals surface area contributed by atoms with Crippen LogP contribution in [0.2, 0.25) is 0 Å². The lowest BCUT2D eigenvalue weighted by molar-refractivity contribution is 0.302. The maximum atomic E-state index is 5.89. The number of ether oxygens (including phenoxy) is 1. The number of hydrogen-bond donors (Lipinski definition) is 0. The number of rotatable bonds is 16. The van der Waals surface area contributed by atoms with Crippen molar-refractivity contribution in [3.05, 3.63) is 36.7 Å². The van der Waals surface area contributed by atoms with E-state index in [4.69, 9.17) is 4.74 Å².